The van der Waals surface area contributed by atoms with E-state index in [1.54, 1.807) is 24.3 Å². The predicted octanol–water partition coefficient (Wildman–Crippen LogP) is 2.11. The van der Waals surface area contributed by atoms with Crippen molar-refractivity contribution in [3.8, 4) is 5.75 Å². The van der Waals surface area contributed by atoms with E-state index in [1.165, 1.54) is 0 Å². The summed E-state index contributed by atoms with van der Waals surface area (Å²) in [6, 6.07) is 16.8. The Balaban J connectivity index is 1.66. The van der Waals surface area contributed by atoms with Crippen molar-refractivity contribution < 1.29 is 14.4 Å². The van der Waals surface area contributed by atoms with Crippen LogP contribution >= 0.6 is 0 Å². The summed E-state index contributed by atoms with van der Waals surface area (Å²) in [5.41, 5.74) is 10.5. The average Bonchev–Trinajstić information content (AvgIpc) is 3.03. The summed E-state index contributed by atoms with van der Waals surface area (Å²) in [6.07, 6.45) is 1.71. The van der Waals surface area contributed by atoms with Gasteiger partial charge in [0, 0.05) is 0 Å². The lowest BCUT2D eigenvalue weighted by molar-refractivity contribution is 0.0233. The molecule has 1 heterocycles. The van der Waals surface area contributed by atoms with E-state index in [4.69, 9.17) is 15.3 Å². The predicted molar refractivity (Wildman–Crippen MR) is 82.9 cm³/mol. The Morgan fingerprint density at radius 1 is 1.14 bits per heavy atom. The molecule has 1 amide bonds. The van der Waals surface area contributed by atoms with Crippen molar-refractivity contribution >= 4 is 11.6 Å². The maximum Gasteiger partial charge on any atom is 0.252 e. The minimum atomic E-state index is -0.512. The molecular formula is C17H16N2O3. The Morgan fingerprint density at radius 3 is 2.64 bits per heavy atom. The second kappa shape index (κ2) is 6.32. The topological polar surface area (TPSA) is 73.6 Å². The summed E-state index contributed by atoms with van der Waals surface area (Å²) in [7, 11) is 0. The van der Waals surface area contributed by atoms with Crippen LogP contribution in [0, 0.1) is 0 Å². The SMILES string of the molecule is NC(=O)c1ccccc1OC[C@@H]1C=C(c2ccccc2)NO1. The van der Waals surface area contributed by atoms with Crippen molar-refractivity contribution in [2.45, 2.75) is 6.10 Å². The number of para-hydroxylation sites is 1. The maximum atomic E-state index is 11.3. The van der Waals surface area contributed by atoms with E-state index < -0.39 is 5.91 Å². The molecule has 3 N–H and O–H groups in total. The summed E-state index contributed by atoms with van der Waals surface area (Å²) in [5.74, 6) is -0.0539. The molecule has 0 spiro atoms. The van der Waals surface area contributed by atoms with Crippen LogP contribution in [0.1, 0.15) is 15.9 Å². The van der Waals surface area contributed by atoms with E-state index in [0.29, 0.717) is 11.3 Å². The first-order valence-electron chi connectivity index (χ1n) is 6.94. The molecule has 0 bridgehead atoms. The van der Waals surface area contributed by atoms with Crippen LogP contribution in [0.3, 0.4) is 0 Å². The van der Waals surface area contributed by atoms with Crippen LogP contribution in [0.2, 0.25) is 0 Å². The third-order valence-electron chi connectivity index (χ3n) is 3.31. The van der Waals surface area contributed by atoms with Gasteiger partial charge in [0.2, 0.25) is 0 Å². The summed E-state index contributed by atoms with van der Waals surface area (Å²) in [6.45, 7) is 0.285. The molecule has 5 heteroatoms. The molecule has 22 heavy (non-hydrogen) atoms. The van der Waals surface area contributed by atoms with Crippen LogP contribution in [-0.2, 0) is 4.84 Å². The van der Waals surface area contributed by atoms with E-state index in [2.05, 4.69) is 5.48 Å². The number of ether oxygens (including phenoxy) is 1. The number of carbonyl (C=O) groups is 1. The fourth-order valence-corrected chi connectivity index (χ4v) is 2.22. The number of hydroxylamine groups is 1. The first kappa shape index (κ1) is 14.2. The highest BCUT2D eigenvalue weighted by Gasteiger charge is 2.19. The van der Waals surface area contributed by atoms with Crippen molar-refractivity contribution in [1.29, 1.82) is 0 Å². The molecule has 0 unspecified atom stereocenters. The number of hydrogen-bond donors (Lipinski definition) is 2. The largest absolute Gasteiger partial charge is 0.490 e. The lowest BCUT2D eigenvalue weighted by atomic mass is 10.1. The van der Waals surface area contributed by atoms with Crippen molar-refractivity contribution in [3.05, 3.63) is 71.8 Å². The highest BCUT2D eigenvalue weighted by molar-refractivity contribution is 5.95. The van der Waals surface area contributed by atoms with Gasteiger partial charge in [-0.05, 0) is 23.8 Å². The smallest absolute Gasteiger partial charge is 0.252 e. The highest BCUT2D eigenvalue weighted by Crippen LogP contribution is 2.21. The van der Waals surface area contributed by atoms with Crippen LogP contribution in [0.25, 0.3) is 5.70 Å². The summed E-state index contributed by atoms with van der Waals surface area (Å²) < 4.78 is 5.66. The fraction of sp³-hybridized carbons (Fsp3) is 0.118. The van der Waals surface area contributed by atoms with Gasteiger partial charge in [0.25, 0.3) is 5.91 Å². The molecule has 112 valence electrons. The minimum absolute atomic E-state index is 0.240. The van der Waals surface area contributed by atoms with Crippen LogP contribution in [-0.4, -0.2) is 18.6 Å². The molecule has 0 saturated heterocycles. The lowest BCUT2D eigenvalue weighted by Gasteiger charge is -2.12. The number of nitrogens with one attached hydrogen (secondary N) is 1. The van der Waals surface area contributed by atoms with Gasteiger partial charge < -0.3 is 10.5 Å². The standard InChI is InChI=1S/C17H16N2O3/c18-17(20)14-8-4-5-9-16(14)21-11-13-10-15(19-22-13)12-6-2-1-3-7-12/h1-10,13,19H,11H2,(H2,18,20)/t13-/m0/s1. The third-order valence-corrected chi connectivity index (χ3v) is 3.31. The van der Waals surface area contributed by atoms with Gasteiger partial charge in [-0.1, -0.05) is 42.5 Å². The van der Waals surface area contributed by atoms with E-state index in [1.807, 2.05) is 36.4 Å². The normalized spacial score (nSPS) is 16.7. The van der Waals surface area contributed by atoms with Crippen molar-refractivity contribution in [1.82, 2.24) is 5.48 Å². The average molecular weight is 296 g/mol. The van der Waals surface area contributed by atoms with Gasteiger partial charge in [0.15, 0.2) is 0 Å². The summed E-state index contributed by atoms with van der Waals surface area (Å²) >= 11 is 0. The Kier molecular flexibility index (Phi) is 4.07. The third kappa shape index (κ3) is 3.10. The van der Waals surface area contributed by atoms with Gasteiger partial charge in [-0.3, -0.25) is 15.1 Å². The van der Waals surface area contributed by atoms with E-state index in [9.17, 15) is 4.79 Å². The molecule has 2 aromatic rings. The molecule has 0 radical (unpaired) electrons. The zero-order valence-electron chi connectivity index (χ0n) is 11.9. The number of amides is 1. The van der Waals surface area contributed by atoms with Crippen LogP contribution < -0.4 is 16.0 Å². The first-order valence-corrected chi connectivity index (χ1v) is 6.94. The lowest BCUT2D eigenvalue weighted by Crippen LogP contribution is -2.21. The van der Waals surface area contributed by atoms with E-state index in [-0.39, 0.29) is 12.7 Å². The van der Waals surface area contributed by atoms with E-state index >= 15 is 0 Å². The molecule has 5 nitrogen and oxygen atoms in total. The van der Waals surface area contributed by atoms with Crippen LogP contribution in [0.5, 0.6) is 5.75 Å². The van der Waals surface area contributed by atoms with Gasteiger partial charge >= 0.3 is 0 Å². The summed E-state index contributed by atoms with van der Waals surface area (Å²) in [4.78, 5) is 16.8. The zero-order chi connectivity index (χ0) is 15.4. The fourth-order valence-electron chi connectivity index (χ4n) is 2.22. The number of benzene rings is 2. The van der Waals surface area contributed by atoms with Crippen LogP contribution in [0.15, 0.2) is 60.7 Å². The molecule has 1 aliphatic rings. The number of nitrogens with two attached hydrogens (primary N) is 1. The van der Waals surface area contributed by atoms with Gasteiger partial charge in [0.1, 0.15) is 18.5 Å². The zero-order valence-corrected chi connectivity index (χ0v) is 11.9. The van der Waals surface area contributed by atoms with Gasteiger partial charge in [-0.25, -0.2) is 0 Å². The Morgan fingerprint density at radius 2 is 1.86 bits per heavy atom. The van der Waals surface area contributed by atoms with Gasteiger partial charge in [-0.15, -0.1) is 0 Å². The molecule has 3 rings (SSSR count). The molecule has 0 aromatic heterocycles. The molecule has 0 saturated carbocycles. The maximum absolute atomic E-state index is 11.3. The molecule has 2 aromatic carbocycles. The summed E-state index contributed by atoms with van der Waals surface area (Å²) in [5, 5.41) is 0. The van der Waals surface area contributed by atoms with Crippen molar-refractivity contribution in [2.75, 3.05) is 6.61 Å². The molecule has 0 fully saturated rings. The van der Waals surface area contributed by atoms with E-state index in [0.717, 1.165) is 11.3 Å². The Bertz CT molecular complexity index is 698. The Labute approximate surface area is 128 Å². The second-order valence-electron chi connectivity index (χ2n) is 4.88. The molecule has 0 aliphatic carbocycles. The molecular weight excluding hydrogens is 280 g/mol. The highest BCUT2D eigenvalue weighted by atomic mass is 16.7. The monoisotopic (exact) mass is 296 g/mol. The molecule has 1 aliphatic heterocycles. The van der Waals surface area contributed by atoms with Crippen molar-refractivity contribution in [2.24, 2.45) is 5.73 Å². The van der Waals surface area contributed by atoms with Gasteiger partial charge in [-0.2, -0.15) is 0 Å². The second-order valence-corrected chi connectivity index (χ2v) is 4.88. The van der Waals surface area contributed by atoms with Crippen molar-refractivity contribution in [3.63, 3.8) is 0 Å². The number of carbonyl (C=O) groups excluding carboxylic acids is 1. The number of hydrogen-bond acceptors (Lipinski definition) is 4. The quantitative estimate of drug-likeness (QED) is 0.886. The Hall–Kier alpha value is -2.79. The number of rotatable bonds is 5. The molecule has 1 atom stereocenters. The first-order chi connectivity index (χ1) is 10.7. The van der Waals surface area contributed by atoms with Crippen LogP contribution in [0.4, 0.5) is 0 Å². The number of primary amides is 1. The minimum Gasteiger partial charge on any atom is -0.490 e. The van der Waals surface area contributed by atoms with Gasteiger partial charge in [0.05, 0.1) is 11.3 Å².